The number of aliphatic hydroxyl groups excluding tert-OH is 1. The van der Waals surface area contributed by atoms with Gasteiger partial charge in [0.25, 0.3) is 11.8 Å². The third kappa shape index (κ3) is 6.79. The van der Waals surface area contributed by atoms with Crippen LogP contribution < -0.4 is 0 Å². The van der Waals surface area contributed by atoms with Crippen LogP contribution in [0.5, 0.6) is 0 Å². The second-order valence-electron chi connectivity index (χ2n) is 12.0. The number of carbonyl (C=O) groups excluding carboxylic acids is 2. The molecule has 0 aliphatic carbocycles. The molecule has 0 spiro atoms. The molecule has 1 fully saturated rings. The SMILES string of the molecule is O=C(O)c1ccccc1SCC1CC(c2ccc(CO)cc2)OC(c2ccc(-c3ccccc3CN3C(=O)c4ccccc4C3=O)cc2)O1. The zero-order valence-electron chi connectivity index (χ0n) is 26.4. The Morgan fingerprint density at radius 3 is 2.02 bits per heavy atom. The first-order valence-corrected chi connectivity index (χ1v) is 17.0. The summed E-state index contributed by atoms with van der Waals surface area (Å²) in [4.78, 5) is 39.9. The Kier molecular flexibility index (Phi) is 9.41. The van der Waals surface area contributed by atoms with Gasteiger partial charge in [0.15, 0.2) is 6.29 Å². The van der Waals surface area contributed by atoms with Crippen molar-refractivity contribution in [1.82, 2.24) is 4.90 Å². The molecule has 2 aliphatic rings. The summed E-state index contributed by atoms with van der Waals surface area (Å²) in [5.74, 6) is -1.03. The number of carboxylic acid groups (broad SMARTS) is 1. The van der Waals surface area contributed by atoms with E-state index in [1.54, 1.807) is 42.5 Å². The first-order valence-electron chi connectivity index (χ1n) is 16.0. The predicted molar refractivity (Wildman–Crippen MR) is 185 cm³/mol. The van der Waals surface area contributed by atoms with Crippen LogP contribution in [-0.4, -0.2) is 44.8 Å². The number of nitrogens with zero attached hydrogens (tertiary/aromatic N) is 1. The van der Waals surface area contributed by atoms with Crippen molar-refractivity contribution in [3.8, 4) is 11.1 Å². The maximum atomic E-state index is 13.1. The average Bonchev–Trinajstić information content (AvgIpc) is 3.39. The molecule has 2 aliphatic heterocycles. The molecule has 3 unspecified atom stereocenters. The highest BCUT2D eigenvalue weighted by molar-refractivity contribution is 7.99. The highest BCUT2D eigenvalue weighted by atomic mass is 32.2. The monoisotopic (exact) mass is 671 g/mol. The minimum atomic E-state index is -0.971. The standard InChI is InChI=1S/C40H33NO7S/c42-23-25-13-15-27(16-14-25)35-21-30(24-49-36-12-6-5-11-34(36)39(45)46)47-40(48-35)28-19-17-26(18-20-28)31-8-2-1-7-29(31)22-41-37(43)32-9-3-4-10-33(32)38(41)44/h1-20,30,35,40,42H,21-24H2,(H,45,46). The van der Waals surface area contributed by atoms with Crippen molar-refractivity contribution in [1.29, 1.82) is 0 Å². The third-order valence-corrected chi connectivity index (χ3v) is 10.1. The van der Waals surface area contributed by atoms with Gasteiger partial charge >= 0.3 is 5.97 Å². The molecule has 7 rings (SSSR count). The van der Waals surface area contributed by atoms with Crippen molar-refractivity contribution in [2.45, 2.75) is 43.0 Å². The Hall–Kier alpha value is -5.06. The summed E-state index contributed by atoms with van der Waals surface area (Å²) in [6.07, 6.45) is -0.639. The fraction of sp³-hybridized carbons (Fsp3) is 0.175. The molecule has 0 radical (unpaired) electrons. The van der Waals surface area contributed by atoms with Crippen LogP contribution in [0.1, 0.15) is 72.1 Å². The van der Waals surface area contributed by atoms with Crippen molar-refractivity contribution in [3.05, 3.63) is 160 Å². The minimum Gasteiger partial charge on any atom is -0.478 e. The molecule has 3 atom stereocenters. The number of ether oxygens (including phenoxy) is 2. The van der Waals surface area contributed by atoms with E-state index < -0.39 is 12.3 Å². The number of hydrogen-bond donors (Lipinski definition) is 2. The number of amides is 2. The lowest BCUT2D eigenvalue weighted by molar-refractivity contribution is -0.245. The average molecular weight is 672 g/mol. The number of hydrogen-bond acceptors (Lipinski definition) is 7. The lowest BCUT2D eigenvalue weighted by atomic mass is 9.97. The maximum absolute atomic E-state index is 13.1. The lowest BCUT2D eigenvalue weighted by Gasteiger charge is -2.36. The van der Waals surface area contributed by atoms with E-state index in [-0.39, 0.29) is 42.7 Å². The summed E-state index contributed by atoms with van der Waals surface area (Å²) in [6.45, 7) is 0.105. The quantitative estimate of drug-likeness (QED) is 0.115. The van der Waals surface area contributed by atoms with Crippen LogP contribution >= 0.6 is 11.8 Å². The molecule has 2 N–H and O–H groups in total. The fourth-order valence-electron chi connectivity index (χ4n) is 6.29. The van der Waals surface area contributed by atoms with Crippen LogP contribution in [0.3, 0.4) is 0 Å². The van der Waals surface area contributed by atoms with Gasteiger partial charge in [-0.05, 0) is 52.1 Å². The van der Waals surface area contributed by atoms with Gasteiger partial charge in [-0.1, -0.05) is 97.1 Å². The number of fused-ring (bicyclic) bond motifs is 1. The van der Waals surface area contributed by atoms with E-state index in [4.69, 9.17) is 9.47 Å². The summed E-state index contributed by atoms with van der Waals surface area (Å²) in [7, 11) is 0. The van der Waals surface area contributed by atoms with Gasteiger partial charge in [-0.2, -0.15) is 0 Å². The number of carboxylic acids is 1. The van der Waals surface area contributed by atoms with Crippen LogP contribution in [0, 0.1) is 0 Å². The van der Waals surface area contributed by atoms with Crippen molar-refractivity contribution in [2.24, 2.45) is 0 Å². The van der Waals surface area contributed by atoms with E-state index in [0.717, 1.165) is 33.4 Å². The Bertz CT molecular complexity index is 1980. The summed E-state index contributed by atoms with van der Waals surface area (Å²) in [5, 5.41) is 19.2. The van der Waals surface area contributed by atoms with Gasteiger partial charge in [-0.3, -0.25) is 14.5 Å². The number of aromatic carboxylic acids is 1. The molecule has 0 bridgehead atoms. The molecule has 0 saturated carbocycles. The molecule has 246 valence electrons. The van der Waals surface area contributed by atoms with E-state index in [0.29, 0.717) is 28.2 Å². The molecule has 5 aromatic rings. The van der Waals surface area contributed by atoms with Gasteiger partial charge in [-0.15, -0.1) is 11.8 Å². The second-order valence-corrected chi connectivity index (χ2v) is 13.0. The summed E-state index contributed by atoms with van der Waals surface area (Å²) < 4.78 is 13.0. The number of imide groups is 1. The maximum Gasteiger partial charge on any atom is 0.336 e. The Morgan fingerprint density at radius 1 is 0.735 bits per heavy atom. The molecule has 5 aromatic carbocycles. The van der Waals surface area contributed by atoms with Crippen molar-refractivity contribution in [3.63, 3.8) is 0 Å². The zero-order valence-corrected chi connectivity index (χ0v) is 27.2. The third-order valence-electron chi connectivity index (χ3n) is 8.88. The largest absolute Gasteiger partial charge is 0.478 e. The number of benzene rings is 5. The Morgan fingerprint density at radius 2 is 1.35 bits per heavy atom. The van der Waals surface area contributed by atoms with Gasteiger partial charge in [0.05, 0.1) is 42.0 Å². The van der Waals surface area contributed by atoms with Crippen LogP contribution in [0.4, 0.5) is 0 Å². The Balaban J connectivity index is 1.12. The van der Waals surface area contributed by atoms with Gasteiger partial charge < -0.3 is 19.7 Å². The van der Waals surface area contributed by atoms with Crippen LogP contribution in [0.15, 0.2) is 126 Å². The minimum absolute atomic E-state index is 0.0480. The van der Waals surface area contributed by atoms with Gasteiger partial charge in [0, 0.05) is 22.6 Å². The van der Waals surface area contributed by atoms with E-state index in [1.807, 2.05) is 78.9 Å². The van der Waals surface area contributed by atoms with Crippen LogP contribution in [-0.2, 0) is 22.6 Å². The Labute approximate surface area is 287 Å². The van der Waals surface area contributed by atoms with Crippen molar-refractivity contribution in [2.75, 3.05) is 5.75 Å². The molecule has 9 heteroatoms. The highest BCUT2D eigenvalue weighted by Gasteiger charge is 2.36. The molecule has 2 heterocycles. The number of thioether (sulfide) groups is 1. The van der Waals surface area contributed by atoms with Gasteiger partial charge in [-0.25, -0.2) is 4.79 Å². The highest BCUT2D eigenvalue weighted by Crippen LogP contribution is 2.40. The summed E-state index contributed by atoms with van der Waals surface area (Å²) in [6, 6.07) is 37.1. The van der Waals surface area contributed by atoms with Crippen LogP contribution in [0.25, 0.3) is 11.1 Å². The van der Waals surface area contributed by atoms with E-state index in [1.165, 1.54) is 16.7 Å². The van der Waals surface area contributed by atoms with Crippen molar-refractivity contribution < 1.29 is 34.1 Å². The van der Waals surface area contributed by atoms with E-state index in [2.05, 4.69) is 0 Å². The van der Waals surface area contributed by atoms with Crippen LogP contribution in [0.2, 0.25) is 0 Å². The van der Waals surface area contributed by atoms with Gasteiger partial charge in [0.1, 0.15) is 0 Å². The topological polar surface area (TPSA) is 113 Å². The predicted octanol–water partition coefficient (Wildman–Crippen LogP) is 7.68. The number of aliphatic hydroxyl groups is 1. The molecule has 2 amide bonds. The molecular formula is C40H33NO7S. The van der Waals surface area contributed by atoms with Crippen molar-refractivity contribution >= 4 is 29.5 Å². The normalized spacial score (nSPS) is 18.8. The van der Waals surface area contributed by atoms with Gasteiger partial charge in [0.2, 0.25) is 0 Å². The second kappa shape index (κ2) is 14.2. The lowest BCUT2D eigenvalue weighted by Crippen LogP contribution is -2.31. The summed E-state index contributed by atoms with van der Waals surface area (Å²) in [5.41, 5.74) is 6.36. The zero-order chi connectivity index (χ0) is 33.9. The number of carbonyl (C=O) groups is 3. The summed E-state index contributed by atoms with van der Waals surface area (Å²) >= 11 is 1.45. The molecule has 49 heavy (non-hydrogen) atoms. The molecule has 8 nitrogen and oxygen atoms in total. The van der Waals surface area contributed by atoms with E-state index in [9.17, 15) is 24.6 Å². The molecule has 1 saturated heterocycles. The first kappa shape index (κ1) is 32.5. The fourth-order valence-corrected chi connectivity index (χ4v) is 7.35. The smallest absolute Gasteiger partial charge is 0.336 e. The van der Waals surface area contributed by atoms with E-state index >= 15 is 0 Å². The molecular weight excluding hydrogens is 639 g/mol. The number of rotatable bonds is 10. The molecule has 0 aromatic heterocycles. The first-order chi connectivity index (χ1) is 23.9.